The Labute approximate surface area is 87.2 Å². The Kier molecular flexibility index (Phi) is 1.87. The first-order valence-corrected chi connectivity index (χ1v) is 4.41. The van der Waals surface area contributed by atoms with Crippen LogP contribution >= 0.6 is 0 Å². The van der Waals surface area contributed by atoms with Gasteiger partial charge >= 0.3 is 0 Å². The van der Waals surface area contributed by atoms with Crippen LogP contribution in [0.15, 0.2) is 24.3 Å². The second-order valence-corrected chi connectivity index (χ2v) is 3.35. The Hall–Kier alpha value is -2.41. The summed E-state index contributed by atoms with van der Waals surface area (Å²) in [6.45, 7) is 0. The summed E-state index contributed by atoms with van der Waals surface area (Å²) in [5.74, 6) is 0. The Balaban J connectivity index is 2.87. The fourth-order valence-corrected chi connectivity index (χ4v) is 1.63. The molecule has 0 radical (unpaired) electrons. The summed E-state index contributed by atoms with van der Waals surface area (Å²) in [6.07, 6.45) is 0. The molecule has 0 bridgehead atoms. The van der Waals surface area contributed by atoms with Crippen LogP contribution < -0.4 is 17.2 Å². The van der Waals surface area contributed by atoms with Crippen LogP contribution in [0.3, 0.4) is 0 Å². The lowest BCUT2D eigenvalue weighted by atomic mass is 10.1. The standard InChI is InChI=1S/C11H10N4/c12-5-7-3-6-1-2-8(13)4-9(14)10(6)11(7)15/h1-4H,13-15H2. The molecule has 0 aromatic heterocycles. The van der Waals surface area contributed by atoms with Crippen LogP contribution in [0.25, 0.3) is 11.1 Å². The molecule has 0 saturated carbocycles. The third-order valence-electron chi connectivity index (χ3n) is 2.33. The molecule has 4 nitrogen and oxygen atoms in total. The number of nitrogen functional groups attached to an aromatic ring is 3. The van der Waals surface area contributed by atoms with Gasteiger partial charge < -0.3 is 17.2 Å². The molecular formula is C11H10N4. The molecule has 2 rings (SSSR count). The van der Waals surface area contributed by atoms with E-state index in [0.717, 1.165) is 5.56 Å². The van der Waals surface area contributed by atoms with Gasteiger partial charge in [0.25, 0.3) is 0 Å². The Morgan fingerprint density at radius 2 is 1.80 bits per heavy atom. The maximum Gasteiger partial charge on any atom is 0.101 e. The molecule has 0 amide bonds. The number of anilines is 3. The van der Waals surface area contributed by atoms with Gasteiger partial charge in [-0.25, -0.2) is 0 Å². The summed E-state index contributed by atoms with van der Waals surface area (Å²) in [5, 5.41) is 8.83. The quantitative estimate of drug-likeness (QED) is 0.595. The highest BCUT2D eigenvalue weighted by atomic mass is 14.6. The lowest BCUT2D eigenvalue weighted by Crippen LogP contribution is -1.92. The summed E-state index contributed by atoms with van der Waals surface area (Å²) in [7, 11) is 0. The molecule has 0 atom stereocenters. The maximum absolute atomic E-state index is 8.83. The summed E-state index contributed by atoms with van der Waals surface area (Å²) < 4.78 is 0. The van der Waals surface area contributed by atoms with E-state index in [0.29, 0.717) is 28.2 Å². The zero-order valence-corrected chi connectivity index (χ0v) is 7.99. The molecule has 2 aliphatic carbocycles. The van der Waals surface area contributed by atoms with Gasteiger partial charge in [-0.15, -0.1) is 0 Å². The SMILES string of the molecule is N#Cc1cc2ccc(N)cc(N)c-2c1N. The van der Waals surface area contributed by atoms with Crippen LogP contribution in [0.2, 0.25) is 0 Å². The zero-order chi connectivity index (χ0) is 11.0. The summed E-state index contributed by atoms with van der Waals surface area (Å²) in [6, 6.07) is 8.91. The number of rotatable bonds is 0. The minimum atomic E-state index is 0.417. The van der Waals surface area contributed by atoms with Gasteiger partial charge in [-0.05, 0) is 23.8 Å². The van der Waals surface area contributed by atoms with Crippen molar-refractivity contribution >= 4 is 17.1 Å². The second kappa shape index (κ2) is 3.07. The third-order valence-corrected chi connectivity index (χ3v) is 2.33. The first kappa shape index (κ1) is 9.16. The Bertz CT molecular complexity index is 539. The largest absolute Gasteiger partial charge is 0.399 e. The van der Waals surface area contributed by atoms with Gasteiger partial charge in [0.1, 0.15) is 6.07 Å². The van der Waals surface area contributed by atoms with Crippen molar-refractivity contribution < 1.29 is 0 Å². The third kappa shape index (κ3) is 1.30. The molecule has 74 valence electrons. The topological polar surface area (TPSA) is 102 Å². The first-order valence-electron chi connectivity index (χ1n) is 4.41. The molecule has 0 spiro atoms. The average Bonchev–Trinajstić information content (AvgIpc) is 2.43. The average molecular weight is 198 g/mol. The minimum absolute atomic E-state index is 0.417. The fourth-order valence-electron chi connectivity index (χ4n) is 1.63. The van der Waals surface area contributed by atoms with Crippen LogP contribution in [0.1, 0.15) is 5.56 Å². The Morgan fingerprint density at radius 3 is 2.47 bits per heavy atom. The molecular weight excluding hydrogens is 188 g/mol. The van der Waals surface area contributed by atoms with Crippen LogP contribution in [-0.2, 0) is 0 Å². The molecule has 0 fully saturated rings. The zero-order valence-electron chi connectivity index (χ0n) is 7.99. The van der Waals surface area contributed by atoms with Crippen molar-refractivity contribution in [2.45, 2.75) is 0 Å². The number of nitrogens with two attached hydrogens (primary N) is 3. The van der Waals surface area contributed by atoms with E-state index in [2.05, 4.69) is 0 Å². The minimum Gasteiger partial charge on any atom is -0.399 e. The van der Waals surface area contributed by atoms with E-state index < -0.39 is 0 Å². The van der Waals surface area contributed by atoms with Gasteiger partial charge in [0.2, 0.25) is 0 Å². The van der Waals surface area contributed by atoms with Crippen molar-refractivity contribution in [2.75, 3.05) is 17.2 Å². The van der Waals surface area contributed by atoms with Crippen LogP contribution in [0, 0.1) is 11.3 Å². The molecule has 0 unspecified atom stereocenters. The van der Waals surface area contributed by atoms with Gasteiger partial charge in [-0.3, -0.25) is 0 Å². The molecule has 15 heavy (non-hydrogen) atoms. The number of nitriles is 1. The smallest absolute Gasteiger partial charge is 0.101 e. The van der Waals surface area contributed by atoms with Gasteiger partial charge in [-0.2, -0.15) is 5.26 Å². The summed E-state index contributed by atoms with van der Waals surface area (Å²) in [4.78, 5) is 0. The van der Waals surface area contributed by atoms with Crippen molar-refractivity contribution in [3.8, 4) is 17.2 Å². The van der Waals surface area contributed by atoms with Crippen LogP contribution in [-0.4, -0.2) is 0 Å². The highest BCUT2D eigenvalue weighted by Crippen LogP contribution is 2.38. The molecule has 0 aliphatic heterocycles. The molecule has 0 aromatic carbocycles. The molecule has 6 N–H and O–H groups in total. The number of hydrogen-bond donors (Lipinski definition) is 3. The van der Waals surface area contributed by atoms with E-state index in [1.54, 1.807) is 24.3 Å². The number of fused-ring (bicyclic) bond motifs is 1. The summed E-state index contributed by atoms with van der Waals surface area (Å²) in [5.41, 5.74) is 20.8. The van der Waals surface area contributed by atoms with E-state index in [-0.39, 0.29) is 0 Å². The normalized spacial score (nSPS) is 10.1. The van der Waals surface area contributed by atoms with Gasteiger partial charge in [-0.1, -0.05) is 6.07 Å². The monoisotopic (exact) mass is 198 g/mol. The summed E-state index contributed by atoms with van der Waals surface area (Å²) >= 11 is 0. The molecule has 0 aromatic rings. The highest BCUT2D eigenvalue weighted by Gasteiger charge is 2.15. The molecule has 0 saturated heterocycles. The van der Waals surface area contributed by atoms with E-state index in [1.807, 2.05) is 6.07 Å². The first-order chi connectivity index (χ1) is 7.13. The second-order valence-electron chi connectivity index (χ2n) is 3.35. The number of nitrogens with zero attached hydrogens (tertiary/aromatic N) is 1. The fraction of sp³-hybridized carbons (Fsp3) is 0. The molecule has 0 heterocycles. The lowest BCUT2D eigenvalue weighted by Gasteiger charge is -1.98. The van der Waals surface area contributed by atoms with Crippen molar-refractivity contribution in [1.29, 1.82) is 5.26 Å². The lowest BCUT2D eigenvalue weighted by molar-refractivity contribution is 1.51. The van der Waals surface area contributed by atoms with Crippen LogP contribution in [0.5, 0.6) is 0 Å². The predicted octanol–water partition coefficient (Wildman–Crippen LogP) is 1.41. The van der Waals surface area contributed by atoms with Crippen molar-refractivity contribution in [3.05, 3.63) is 29.8 Å². The van der Waals surface area contributed by atoms with E-state index in [1.165, 1.54) is 0 Å². The molecule has 4 heteroatoms. The maximum atomic E-state index is 8.83. The van der Waals surface area contributed by atoms with Gasteiger partial charge in [0.05, 0.1) is 11.3 Å². The highest BCUT2D eigenvalue weighted by molar-refractivity contribution is 5.93. The van der Waals surface area contributed by atoms with Crippen molar-refractivity contribution in [1.82, 2.24) is 0 Å². The van der Waals surface area contributed by atoms with Gasteiger partial charge in [0.15, 0.2) is 0 Å². The van der Waals surface area contributed by atoms with E-state index in [9.17, 15) is 0 Å². The van der Waals surface area contributed by atoms with E-state index >= 15 is 0 Å². The van der Waals surface area contributed by atoms with Gasteiger partial charge in [0, 0.05) is 16.9 Å². The van der Waals surface area contributed by atoms with E-state index in [4.69, 9.17) is 22.5 Å². The Morgan fingerprint density at radius 1 is 1.07 bits per heavy atom. The van der Waals surface area contributed by atoms with Crippen LogP contribution in [0.4, 0.5) is 17.1 Å². The van der Waals surface area contributed by atoms with Crippen molar-refractivity contribution in [3.63, 3.8) is 0 Å². The molecule has 2 aliphatic rings. The van der Waals surface area contributed by atoms with Crippen molar-refractivity contribution in [2.24, 2.45) is 0 Å². The number of hydrogen-bond acceptors (Lipinski definition) is 4. The predicted molar refractivity (Wildman–Crippen MR) is 61.0 cm³/mol.